The van der Waals surface area contributed by atoms with Crippen molar-refractivity contribution in [3.63, 3.8) is 0 Å². The number of rotatable bonds is 3. The molecular weight excluding hydrogens is 259 g/mol. The summed E-state index contributed by atoms with van der Waals surface area (Å²) in [5.74, 6) is 1.08. The highest BCUT2D eigenvalue weighted by Gasteiger charge is 2.14. The fourth-order valence-electron chi connectivity index (χ4n) is 2.10. The first-order chi connectivity index (χ1) is 9.72. The number of benzene rings is 2. The standard InChI is InChI=1S/C15H15FN2O2/c16-11-3-1-2-10(6-11)9-18-13-8-15-14(7-12(13)17)19-4-5-20-15/h1-3,6-8,18H,4-5,9,17H2. The van der Waals surface area contributed by atoms with Gasteiger partial charge in [-0.2, -0.15) is 0 Å². The molecule has 1 heterocycles. The van der Waals surface area contributed by atoms with Crippen LogP contribution in [0.5, 0.6) is 11.5 Å². The predicted molar refractivity (Wildman–Crippen MR) is 75.6 cm³/mol. The van der Waals surface area contributed by atoms with Gasteiger partial charge >= 0.3 is 0 Å². The lowest BCUT2D eigenvalue weighted by Gasteiger charge is -2.20. The van der Waals surface area contributed by atoms with Gasteiger partial charge in [0.15, 0.2) is 11.5 Å². The average Bonchev–Trinajstić information content (AvgIpc) is 2.45. The Kier molecular flexibility index (Phi) is 3.33. The summed E-state index contributed by atoms with van der Waals surface area (Å²) in [7, 11) is 0. The Morgan fingerprint density at radius 2 is 1.85 bits per heavy atom. The van der Waals surface area contributed by atoms with Crippen LogP contribution in [0.4, 0.5) is 15.8 Å². The third kappa shape index (κ3) is 2.61. The van der Waals surface area contributed by atoms with Crippen molar-refractivity contribution in [2.24, 2.45) is 0 Å². The minimum absolute atomic E-state index is 0.251. The number of anilines is 2. The van der Waals surface area contributed by atoms with E-state index in [1.165, 1.54) is 12.1 Å². The zero-order valence-electron chi connectivity index (χ0n) is 10.9. The zero-order valence-corrected chi connectivity index (χ0v) is 10.9. The minimum Gasteiger partial charge on any atom is -0.486 e. The molecule has 20 heavy (non-hydrogen) atoms. The summed E-state index contributed by atoms with van der Waals surface area (Å²) in [5.41, 5.74) is 8.14. The van der Waals surface area contributed by atoms with Gasteiger partial charge in [-0.25, -0.2) is 4.39 Å². The molecule has 2 aromatic carbocycles. The van der Waals surface area contributed by atoms with Gasteiger partial charge in [0.05, 0.1) is 11.4 Å². The monoisotopic (exact) mass is 274 g/mol. The van der Waals surface area contributed by atoms with Crippen LogP contribution in [0.3, 0.4) is 0 Å². The Bertz CT molecular complexity index is 631. The van der Waals surface area contributed by atoms with Crippen molar-refractivity contribution in [3.05, 3.63) is 47.8 Å². The molecule has 0 radical (unpaired) electrons. The second kappa shape index (κ2) is 5.28. The molecule has 5 heteroatoms. The number of hydrogen-bond donors (Lipinski definition) is 2. The van der Waals surface area contributed by atoms with E-state index < -0.39 is 0 Å². The highest BCUT2D eigenvalue weighted by molar-refractivity contribution is 5.72. The highest BCUT2D eigenvalue weighted by Crippen LogP contribution is 2.37. The summed E-state index contributed by atoms with van der Waals surface area (Å²) < 4.78 is 24.1. The molecule has 0 spiro atoms. The van der Waals surface area contributed by atoms with Gasteiger partial charge in [0.1, 0.15) is 19.0 Å². The van der Waals surface area contributed by atoms with Gasteiger partial charge in [0.25, 0.3) is 0 Å². The van der Waals surface area contributed by atoms with E-state index in [-0.39, 0.29) is 5.82 Å². The lowest BCUT2D eigenvalue weighted by atomic mass is 10.2. The predicted octanol–water partition coefficient (Wildman–Crippen LogP) is 2.79. The SMILES string of the molecule is Nc1cc2c(cc1NCc1cccc(F)c1)OCCO2. The van der Waals surface area contributed by atoms with Crippen LogP contribution >= 0.6 is 0 Å². The summed E-state index contributed by atoms with van der Waals surface area (Å²) in [6, 6.07) is 9.98. The molecule has 0 unspecified atom stereocenters. The largest absolute Gasteiger partial charge is 0.486 e. The van der Waals surface area contributed by atoms with Gasteiger partial charge < -0.3 is 20.5 Å². The summed E-state index contributed by atoms with van der Waals surface area (Å²) in [5, 5.41) is 3.18. The number of hydrogen-bond acceptors (Lipinski definition) is 4. The minimum atomic E-state index is -0.251. The number of nitrogens with two attached hydrogens (primary N) is 1. The fraction of sp³-hybridized carbons (Fsp3) is 0.200. The maximum absolute atomic E-state index is 13.1. The smallest absolute Gasteiger partial charge is 0.163 e. The van der Waals surface area contributed by atoms with E-state index in [1.54, 1.807) is 12.1 Å². The second-order valence-electron chi connectivity index (χ2n) is 4.57. The number of halogens is 1. The Morgan fingerprint density at radius 3 is 2.60 bits per heavy atom. The van der Waals surface area contributed by atoms with Crippen molar-refractivity contribution in [1.82, 2.24) is 0 Å². The molecule has 0 aromatic heterocycles. The molecule has 0 atom stereocenters. The third-order valence-corrected chi connectivity index (χ3v) is 3.09. The van der Waals surface area contributed by atoms with Crippen LogP contribution in [0.2, 0.25) is 0 Å². The van der Waals surface area contributed by atoms with E-state index in [0.717, 1.165) is 11.3 Å². The van der Waals surface area contributed by atoms with Gasteiger partial charge in [0.2, 0.25) is 0 Å². The third-order valence-electron chi connectivity index (χ3n) is 3.09. The molecule has 2 aromatic rings. The fourth-order valence-corrected chi connectivity index (χ4v) is 2.10. The second-order valence-corrected chi connectivity index (χ2v) is 4.57. The van der Waals surface area contributed by atoms with Crippen molar-refractivity contribution in [3.8, 4) is 11.5 Å². The topological polar surface area (TPSA) is 56.5 Å². The van der Waals surface area contributed by atoms with Gasteiger partial charge in [-0.05, 0) is 17.7 Å². The summed E-state index contributed by atoms with van der Waals surface area (Å²) in [6.45, 7) is 1.55. The summed E-state index contributed by atoms with van der Waals surface area (Å²) >= 11 is 0. The molecule has 104 valence electrons. The van der Waals surface area contributed by atoms with Gasteiger partial charge in [0, 0.05) is 18.7 Å². The Labute approximate surface area is 116 Å². The molecule has 1 aliphatic rings. The van der Waals surface area contributed by atoms with Gasteiger partial charge in [-0.15, -0.1) is 0 Å². The molecular formula is C15H15FN2O2. The Balaban J connectivity index is 1.77. The van der Waals surface area contributed by atoms with E-state index in [2.05, 4.69) is 5.32 Å². The molecule has 3 N–H and O–H groups in total. The molecule has 0 aliphatic carbocycles. The Hall–Kier alpha value is -2.43. The summed E-state index contributed by atoms with van der Waals surface area (Å²) in [4.78, 5) is 0. The first-order valence-corrected chi connectivity index (χ1v) is 6.40. The van der Waals surface area contributed by atoms with Crippen LogP contribution in [-0.4, -0.2) is 13.2 Å². The normalized spacial score (nSPS) is 13.1. The van der Waals surface area contributed by atoms with Crippen LogP contribution in [0.25, 0.3) is 0 Å². The van der Waals surface area contributed by atoms with Crippen LogP contribution in [0.1, 0.15) is 5.56 Å². The Morgan fingerprint density at radius 1 is 1.10 bits per heavy atom. The highest BCUT2D eigenvalue weighted by atomic mass is 19.1. The number of fused-ring (bicyclic) bond motifs is 1. The molecule has 0 saturated carbocycles. The van der Waals surface area contributed by atoms with E-state index >= 15 is 0 Å². The van der Waals surface area contributed by atoms with Crippen LogP contribution in [0.15, 0.2) is 36.4 Å². The van der Waals surface area contributed by atoms with Gasteiger partial charge in [-0.1, -0.05) is 12.1 Å². The van der Waals surface area contributed by atoms with Crippen molar-refractivity contribution in [2.45, 2.75) is 6.54 Å². The maximum atomic E-state index is 13.1. The van der Waals surface area contributed by atoms with Crippen LogP contribution < -0.4 is 20.5 Å². The van der Waals surface area contributed by atoms with Gasteiger partial charge in [-0.3, -0.25) is 0 Å². The molecule has 1 aliphatic heterocycles. The van der Waals surface area contributed by atoms with E-state index in [9.17, 15) is 4.39 Å². The maximum Gasteiger partial charge on any atom is 0.163 e. The number of nitrogens with one attached hydrogen (secondary N) is 1. The molecule has 0 fully saturated rings. The van der Waals surface area contributed by atoms with Crippen molar-refractivity contribution >= 4 is 11.4 Å². The average molecular weight is 274 g/mol. The molecule has 0 saturated heterocycles. The first-order valence-electron chi connectivity index (χ1n) is 6.40. The summed E-state index contributed by atoms with van der Waals surface area (Å²) in [6.07, 6.45) is 0. The van der Waals surface area contributed by atoms with Crippen molar-refractivity contribution < 1.29 is 13.9 Å². The van der Waals surface area contributed by atoms with Crippen molar-refractivity contribution in [2.75, 3.05) is 24.3 Å². The van der Waals surface area contributed by atoms with Crippen LogP contribution in [0, 0.1) is 5.82 Å². The first kappa shape index (κ1) is 12.6. The lowest BCUT2D eigenvalue weighted by molar-refractivity contribution is 0.172. The van der Waals surface area contributed by atoms with Crippen LogP contribution in [-0.2, 0) is 6.54 Å². The van der Waals surface area contributed by atoms with E-state index in [1.807, 2.05) is 12.1 Å². The van der Waals surface area contributed by atoms with Crippen molar-refractivity contribution in [1.29, 1.82) is 0 Å². The molecule has 0 amide bonds. The van der Waals surface area contributed by atoms with E-state index in [0.29, 0.717) is 36.9 Å². The number of ether oxygens (including phenoxy) is 2. The molecule has 4 nitrogen and oxygen atoms in total. The molecule has 3 rings (SSSR count). The molecule has 0 bridgehead atoms. The number of nitrogen functional groups attached to an aromatic ring is 1. The quantitative estimate of drug-likeness (QED) is 0.845. The van der Waals surface area contributed by atoms with E-state index in [4.69, 9.17) is 15.2 Å². The lowest BCUT2D eigenvalue weighted by Crippen LogP contribution is -2.16. The zero-order chi connectivity index (χ0) is 13.9.